The van der Waals surface area contributed by atoms with Crippen LogP contribution < -0.4 is 0 Å². The molecule has 154 valence electrons. The Hall–Kier alpha value is -2.21. The molecule has 2 aromatic rings. The quantitative estimate of drug-likeness (QED) is 0.704. The van der Waals surface area contributed by atoms with Gasteiger partial charge >= 0.3 is 0 Å². The number of amides is 1. The lowest BCUT2D eigenvalue weighted by Crippen LogP contribution is -2.33. The Morgan fingerprint density at radius 1 is 1.14 bits per heavy atom. The van der Waals surface area contributed by atoms with E-state index in [-0.39, 0.29) is 17.7 Å². The van der Waals surface area contributed by atoms with Crippen molar-refractivity contribution < 1.29 is 9.59 Å². The second-order valence-electron chi connectivity index (χ2n) is 8.42. The van der Waals surface area contributed by atoms with Crippen LogP contribution in [0.5, 0.6) is 0 Å². The number of carbonyl (C=O) groups excluding carboxylic acids is 2. The number of ketones is 1. The van der Waals surface area contributed by atoms with Crippen molar-refractivity contribution in [2.75, 3.05) is 13.1 Å². The number of aromatic nitrogens is 2. The molecular formula is C23H29N3O2S. The molecule has 3 heterocycles. The van der Waals surface area contributed by atoms with Crippen molar-refractivity contribution in [3.05, 3.63) is 41.0 Å². The van der Waals surface area contributed by atoms with E-state index in [9.17, 15) is 9.59 Å². The normalized spacial score (nSPS) is 20.2. The van der Waals surface area contributed by atoms with Crippen LogP contribution in [0.15, 0.2) is 24.1 Å². The van der Waals surface area contributed by atoms with Crippen LogP contribution >= 0.6 is 11.3 Å². The fraction of sp³-hybridized carbons (Fsp3) is 0.522. The van der Waals surface area contributed by atoms with E-state index >= 15 is 0 Å². The minimum Gasteiger partial charge on any atom is -0.337 e. The minimum absolute atomic E-state index is 0.0305. The zero-order valence-corrected chi connectivity index (χ0v) is 18.1. The first-order chi connectivity index (χ1) is 14.0. The monoisotopic (exact) mass is 411 g/mol. The Labute approximate surface area is 176 Å². The number of rotatable bonds is 5. The molecule has 29 heavy (non-hydrogen) atoms. The van der Waals surface area contributed by atoms with Gasteiger partial charge in [0.2, 0.25) is 0 Å². The van der Waals surface area contributed by atoms with E-state index < -0.39 is 0 Å². The van der Waals surface area contributed by atoms with E-state index in [1.165, 1.54) is 6.42 Å². The standard InChI is InChI=1S/C23H29N3O2S/c1-15(2)21-16(3)20(24-26(21)19-10-6-14-29-19)23(28)25-12-5-9-18(11-13-25)22(27)17-7-4-8-17/h6,10,14,17-18H,1,4-5,7-9,11-13H2,2-3H3. The summed E-state index contributed by atoms with van der Waals surface area (Å²) in [5, 5.41) is 7.67. The Bertz CT molecular complexity index is 924. The predicted octanol–water partition coefficient (Wildman–Crippen LogP) is 4.89. The maximum atomic E-state index is 13.3. The minimum atomic E-state index is -0.0305. The van der Waals surface area contributed by atoms with Crippen LogP contribution in [-0.4, -0.2) is 39.5 Å². The predicted molar refractivity (Wildman–Crippen MR) is 116 cm³/mol. The first-order valence-corrected chi connectivity index (χ1v) is 11.5. The van der Waals surface area contributed by atoms with Crippen LogP contribution in [0.1, 0.15) is 67.2 Å². The molecule has 1 amide bonds. The summed E-state index contributed by atoms with van der Waals surface area (Å²) in [4.78, 5) is 27.9. The lowest BCUT2D eigenvalue weighted by atomic mass is 9.76. The van der Waals surface area contributed by atoms with E-state index in [1.54, 1.807) is 11.3 Å². The lowest BCUT2D eigenvalue weighted by Gasteiger charge is -2.27. The van der Waals surface area contributed by atoms with E-state index in [1.807, 2.05) is 40.9 Å². The summed E-state index contributed by atoms with van der Waals surface area (Å²) in [6.45, 7) is 9.33. The zero-order chi connectivity index (χ0) is 20.5. The van der Waals surface area contributed by atoms with Gasteiger partial charge in [-0.15, -0.1) is 11.3 Å². The number of carbonyl (C=O) groups is 2. The highest BCUT2D eigenvalue weighted by Gasteiger charge is 2.33. The van der Waals surface area contributed by atoms with Crippen molar-refractivity contribution in [1.29, 1.82) is 0 Å². The number of hydrogen-bond acceptors (Lipinski definition) is 4. The lowest BCUT2D eigenvalue weighted by molar-refractivity contribution is -0.129. The van der Waals surface area contributed by atoms with E-state index in [0.29, 0.717) is 24.6 Å². The molecule has 0 bridgehead atoms. The number of nitrogens with zero attached hydrogens (tertiary/aromatic N) is 3. The summed E-state index contributed by atoms with van der Waals surface area (Å²) in [7, 11) is 0. The van der Waals surface area contributed by atoms with Gasteiger partial charge in [0.15, 0.2) is 5.69 Å². The molecule has 1 atom stereocenters. The Kier molecular flexibility index (Phi) is 5.72. The smallest absolute Gasteiger partial charge is 0.274 e. The van der Waals surface area contributed by atoms with Gasteiger partial charge in [0.05, 0.1) is 5.69 Å². The van der Waals surface area contributed by atoms with Gasteiger partial charge in [-0.1, -0.05) is 13.0 Å². The molecule has 0 N–H and O–H groups in total. The molecule has 6 heteroatoms. The molecule has 1 saturated carbocycles. The number of thiophene rings is 1. The van der Waals surface area contributed by atoms with Gasteiger partial charge in [-0.3, -0.25) is 9.59 Å². The van der Waals surface area contributed by atoms with Crippen LogP contribution in [0.4, 0.5) is 0 Å². The van der Waals surface area contributed by atoms with E-state index in [0.717, 1.165) is 53.9 Å². The fourth-order valence-corrected chi connectivity index (χ4v) is 5.20. The van der Waals surface area contributed by atoms with Crippen molar-refractivity contribution in [3.63, 3.8) is 0 Å². The molecule has 4 rings (SSSR count). The summed E-state index contributed by atoms with van der Waals surface area (Å²) < 4.78 is 1.84. The largest absolute Gasteiger partial charge is 0.337 e. The van der Waals surface area contributed by atoms with Gasteiger partial charge in [0.1, 0.15) is 10.8 Å². The van der Waals surface area contributed by atoms with Crippen LogP contribution in [0.3, 0.4) is 0 Å². The first kappa shape index (κ1) is 20.1. The highest BCUT2D eigenvalue weighted by molar-refractivity contribution is 7.12. The summed E-state index contributed by atoms with van der Waals surface area (Å²) in [6.07, 6.45) is 5.86. The molecular weight excluding hydrogens is 382 g/mol. The maximum absolute atomic E-state index is 13.3. The van der Waals surface area contributed by atoms with Crippen LogP contribution in [-0.2, 0) is 4.79 Å². The van der Waals surface area contributed by atoms with Gasteiger partial charge in [0, 0.05) is 30.5 Å². The van der Waals surface area contributed by atoms with Crippen LogP contribution in [0.2, 0.25) is 0 Å². The van der Waals surface area contributed by atoms with Gasteiger partial charge in [-0.25, -0.2) is 4.68 Å². The summed E-state index contributed by atoms with van der Waals surface area (Å²) in [5.41, 5.74) is 3.18. The van der Waals surface area contributed by atoms with Gasteiger partial charge in [0.25, 0.3) is 5.91 Å². The molecule has 1 aliphatic carbocycles. The molecule has 1 unspecified atom stereocenters. The van der Waals surface area contributed by atoms with Crippen molar-refractivity contribution >= 4 is 28.6 Å². The SMILES string of the molecule is C=C(C)c1c(C)c(C(=O)N2CCCC(C(=O)C3CCC3)CC2)nn1-c1cccs1. The number of allylic oxidation sites excluding steroid dienone is 1. The average Bonchev–Trinajstić information content (AvgIpc) is 3.20. The molecule has 0 aromatic carbocycles. The first-order valence-electron chi connectivity index (χ1n) is 10.6. The topological polar surface area (TPSA) is 55.2 Å². The summed E-state index contributed by atoms with van der Waals surface area (Å²) >= 11 is 1.59. The second-order valence-corrected chi connectivity index (χ2v) is 9.34. The third-order valence-corrected chi connectivity index (χ3v) is 7.21. The van der Waals surface area contributed by atoms with Gasteiger partial charge in [-0.05, 0) is 69.0 Å². The highest BCUT2D eigenvalue weighted by Crippen LogP contribution is 2.33. The second kappa shape index (κ2) is 8.27. The van der Waals surface area contributed by atoms with E-state index in [2.05, 4.69) is 6.58 Å². The summed E-state index contributed by atoms with van der Waals surface area (Å²) in [6, 6.07) is 3.98. The Morgan fingerprint density at radius 2 is 1.86 bits per heavy atom. The Morgan fingerprint density at radius 3 is 2.48 bits per heavy atom. The van der Waals surface area contributed by atoms with Gasteiger partial charge < -0.3 is 4.90 Å². The molecule has 0 spiro atoms. The number of hydrogen-bond donors (Lipinski definition) is 0. The summed E-state index contributed by atoms with van der Waals surface area (Å²) in [5.74, 6) is 0.809. The van der Waals surface area contributed by atoms with Gasteiger partial charge in [-0.2, -0.15) is 5.10 Å². The van der Waals surface area contributed by atoms with Crippen LogP contribution in [0.25, 0.3) is 10.6 Å². The fourth-order valence-electron chi connectivity index (χ4n) is 4.51. The van der Waals surface area contributed by atoms with Crippen molar-refractivity contribution in [2.24, 2.45) is 11.8 Å². The highest BCUT2D eigenvalue weighted by atomic mass is 32.1. The van der Waals surface area contributed by atoms with Crippen LogP contribution in [0, 0.1) is 18.8 Å². The molecule has 0 radical (unpaired) electrons. The van der Waals surface area contributed by atoms with Crippen molar-refractivity contribution in [3.8, 4) is 5.00 Å². The number of likely N-dealkylation sites (tertiary alicyclic amines) is 1. The average molecular weight is 412 g/mol. The molecule has 5 nitrogen and oxygen atoms in total. The molecule has 2 aliphatic rings. The van der Waals surface area contributed by atoms with Crippen molar-refractivity contribution in [2.45, 2.75) is 52.4 Å². The third-order valence-electron chi connectivity index (χ3n) is 6.37. The van der Waals surface area contributed by atoms with E-state index in [4.69, 9.17) is 5.10 Å². The molecule has 1 saturated heterocycles. The zero-order valence-electron chi connectivity index (χ0n) is 17.3. The molecule has 2 aromatic heterocycles. The molecule has 2 fully saturated rings. The molecule has 1 aliphatic heterocycles. The van der Waals surface area contributed by atoms with Crippen molar-refractivity contribution in [1.82, 2.24) is 14.7 Å². The maximum Gasteiger partial charge on any atom is 0.274 e. The number of Topliss-reactive ketones (excluding diaryl/α,β-unsaturated/α-hetero) is 1. The Balaban J connectivity index is 1.54. The third kappa shape index (κ3) is 3.82.